The van der Waals surface area contributed by atoms with Crippen LogP contribution >= 0.6 is 0 Å². The molecule has 2 N–H and O–H groups in total. The fraction of sp³-hybridized carbons (Fsp3) is 0.250. The van der Waals surface area contributed by atoms with Gasteiger partial charge in [-0.3, -0.25) is 0 Å². The molecule has 5 heteroatoms. The third-order valence-electron chi connectivity index (χ3n) is 2.85. The molecule has 0 aliphatic heterocycles. The molecular weight excluding hydrogens is 266 g/mol. The van der Waals surface area contributed by atoms with Crippen molar-refractivity contribution in [3.8, 4) is 11.8 Å². The number of anilines is 1. The number of nitrogens with zero attached hydrogens (tertiary/aromatic N) is 2. The first kappa shape index (κ1) is 14.8. The Hall–Kier alpha value is -2.58. The van der Waals surface area contributed by atoms with Crippen LogP contribution in [0.15, 0.2) is 42.6 Å². The van der Waals surface area contributed by atoms with Crippen molar-refractivity contribution in [1.29, 1.82) is 5.26 Å². The molecule has 1 aromatic carbocycles. The zero-order valence-corrected chi connectivity index (χ0v) is 11.8. The highest BCUT2D eigenvalue weighted by Gasteiger charge is 2.05. The van der Waals surface area contributed by atoms with Gasteiger partial charge in [0.25, 0.3) is 0 Å². The number of pyridine rings is 1. The van der Waals surface area contributed by atoms with Gasteiger partial charge in [0.15, 0.2) is 0 Å². The normalized spacial score (nSPS) is 11.5. The lowest BCUT2D eigenvalue weighted by Gasteiger charge is -2.14. The van der Waals surface area contributed by atoms with E-state index in [1.165, 1.54) is 0 Å². The van der Waals surface area contributed by atoms with Crippen LogP contribution in [-0.4, -0.2) is 29.3 Å². The number of nitriles is 1. The number of aliphatic hydroxyl groups excluding tert-OH is 1. The van der Waals surface area contributed by atoms with Gasteiger partial charge in [0.1, 0.15) is 30.2 Å². The number of aryl methyl sites for hydroxylation is 1. The second-order valence-corrected chi connectivity index (χ2v) is 4.71. The largest absolute Gasteiger partial charge is 0.491 e. The molecule has 0 amide bonds. The van der Waals surface area contributed by atoms with E-state index in [0.717, 1.165) is 17.0 Å². The highest BCUT2D eigenvalue weighted by atomic mass is 16.5. The molecular formula is C16H17N3O2. The van der Waals surface area contributed by atoms with Gasteiger partial charge in [-0.15, -0.1) is 0 Å². The molecule has 0 fully saturated rings. The summed E-state index contributed by atoms with van der Waals surface area (Å²) in [4.78, 5) is 3.94. The maximum atomic E-state index is 9.88. The van der Waals surface area contributed by atoms with Gasteiger partial charge >= 0.3 is 0 Å². The Bertz CT molecular complexity index is 620. The Kier molecular flexibility index (Phi) is 5.13. The van der Waals surface area contributed by atoms with E-state index in [2.05, 4.69) is 10.3 Å². The molecule has 1 atom stereocenters. The van der Waals surface area contributed by atoms with Crippen molar-refractivity contribution in [3.05, 3.63) is 53.9 Å². The fourth-order valence-electron chi connectivity index (χ4n) is 1.76. The minimum Gasteiger partial charge on any atom is -0.491 e. The maximum Gasteiger partial charge on any atom is 0.140 e. The van der Waals surface area contributed by atoms with Crippen molar-refractivity contribution in [2.75, 3.05) is 18.5 Å². The Morgan fingerprint density at radius 1 is 1.38 bits per heavy atom. The van der Waals surface area contributed by atoms with Crippen molar-refractivity contribution in [2.45, 2.75) is 13.0 Å². The Morgan fingerprint density at radius 2 is 2.24 bits per heavy atom. The zero-order chi connectivity index (χ0) is 15.1. The molecule has 1 aromatic heterocycles. The van der Waals surface area contributed by atoms with Crippen LogP contribution < -0.4 is 10.1 Å². The number of rotatable bonds is 6. The second-order valence-electron chi connectivity index (χ2n) is 4.71. The van der Waals surface area contributed by atoms with Gasteiger partial charge in [-0.1, -0.05) is 12.1 Å². The molecule has 108 valence electrons. The average Bonchev–Trinajstić information content (AvgIpc) is 2.51. The number of ether oxygens (including phenoxy) is 1. The molecule has 0 aliphatic rings. The summed E-state index contributed by atoms with van der Waals surface area (Å²) in [6.07, 6.45) is 0.924. The van der Waals surface area contributed by atoms with Crippen LogP contribution in [0, 0.1) is 18.3 Å². The Morgan fingerprint density at radius 3 is 2.90 bits per heavy atom. The van der Waals surface area contributed by atoms with Crippen molar-refractivity contribution in [3.63, 3.8) is 0 Å². The van der Waals surface area contributed by atoms with Crippen LogP contribution in [0.3, 0.4) is 0 Å². The summed E-state index contributed by atoms with van der Waals surface area (Å²) in [5.74, 6) is 0.745. The monoisotopic (exact) mass is 283 g/mol. The topological polar surface area (TPSA) is 78.2 Å². The molecule has 2 rings (SSSR count). The van der Waals surface area contributed by atoms with Crippen LogP contribution in [0.4, 0.5) is 5.69 Å². The van der Waals surface area contributed by atoms with E-state index < -0.39 is 6.10 Å². The van der Waals surface area contributed by atoms with E-state index in [-0.39, 0.29) is 6.61 Å². The number of nitrogens with one attached hydrogen (secondary N) is 1. The van der Waals surface area contributed by atoms with Gasteiger partial charge in [0.05, 0.1) is 11.9 Å². The summed E-state index contributed by atoms with van der Waals surface area (Å²) in [5.41, 5.74) is 2.23. The summed E-state index contributed by atoms with van der Waals surface area (Å²) in [5, 5.41) is 21.6. The molecule has 1 unspecified atom stereocenters. The lowest BCUT2D eigenvalue weighted by molar-refractivity contribution is 0.117. The van der Waals surface area contributed by atoms with Crippen molar-refractivity contribution >= 4 is 5.69 Å². The van der Waals surface area contributed by atoms with Crippen LogP contribution in [0.5, 0.6) is 5.75 Å². The molecule has 0 saturated carbocycles. The third-order valence-corrected chi connectivity index (χ3v) is 2.85. The first-order chi connectivity index (χ1) is 10.2. The van der Waals surface area contributed by atoms with E-state index in [1.807, 2.05) is 37.3 Å². The fourth-order valence-corrected chi connectivity index (χ4v) is 1.76. The minimum absolute atomic E-state index is 0.208. The van der Waals surface area contributed by atoms with E-state index in [0.29, 0.717) is 12.2 Å². The summed E-state index contributed by atoms with van der Waals surface area (Å²) >= 11 is 0. The first-order valence-electron chi connectivity index (χ1n) is 6.65. The van der Waals surface area contributed by atoms with E-state index in [9.17, 15) is 5.11 Å². The summed E-state index contributed by atoms with van der Waals surface area (Å²) in [7, 11) is 0. The minimum atomic E-state index is -0.638. The number of hydrogen-bond donors (Lipinski definition) is 2. The number of aromatic nitrogens is 1. The molecule has 0 saturated heterocycles. The van der Waals surface area contributed by atoms with Crippen LogP contribution in [-0.2, 0) is 0 Å². The molecule has 5 nitrogen and oxygen atoms in total. The molecule has 0 spiro atoms. The third kappa shape index (κ3) is 4.79. The second kappa shape index (κ2) is 7.27. The highest BCUT2D eigenvalue weighted by molar-refractivity contribution is 5.42. The first-order valence-corrected chi connectivity index (χ1v) is 6.65. The molecule has 0 bridgehead atoms. The lowest BCUT2D eigenvalue weighted by Crippen LogP contribution is -2.26. The van der Waals surface area contributed by atoms with Crippen LogP contribution in [0.25, 0.3) is 0 Å². The number of hydrogen-bond acceptors (Lipinski definition) is 5. The van der Waals surface area contributed by atoms with Crippen molar-refractivity contribution in [2.24, 2.45) is 0 Å². The average molecular weight is 283 g/mol. The Labute approximate surface area is 123 Å². The highest BCUT2D eigenvalue weighted by Crippen LogP contribution is 2.12. The summed E-state index contributed by atoms with van der Waals surface area (Å²) in [6.45, 7) is 2.54. The van der Waals surface area contributed by atoms with Gasteiger partial charge in [-0.05, 0) is 36.8 Å². The van der Waals surface area contributed by atoms with Gasteiger partial charge < -0.3 is 15.2 Å². The molecule has 21 heavy (non-hydrogen) atoms. The van der Waals surface area contributed by atoms with Gasteiger partial charge in [0.2, 0.25) is 0 Å². The zero-order valence-electron chi connectivity index (χ0n) is 11.8. The van der Waals surface area contributed by atoms with Crippen LogP contribution in [0.2, 0.25) is 0 Å². The molecule has 0 radical (unpaired) electrons. The van der Waals surface area contributed by atoms with Gasteiger partial charge in [0, 0.05) is 6.54 Å². The lowest BCUT2D eigenvalue weighted by atomic mass is 10.2. The van der Waals surface area contributed by atoms with Crippen molar-refractivity contribution < 1.29 is 9.84 Å². The molecule has 0 aliphatic carbocycles. The predicted molar refractivity (Wildman–Crippen MR) is 80.1 cm³/mol. The van der Waals surface area contributed by atoms with E-state index in [1.54, 1.807) is 18.3 Å². The molecule has 1 heterocycles. The Balaban J connectivity index is 1.76. The number of benzene rings is 1. The summed E-state index contributed by atoms with van der Waals surface area (Å²) < 4.78 is 5.52. The van der Waals surface area contributed by atoms with Gasteiger partial charge in [-0.25, -0.2) is 4.98 Å². The quantitative estimate of drug-likeness (QED) is 0.849. The summed E-state index contributed by atoms with van der Waals surface area (Å²) in [6, 6.07) is 13.0. The molecule has 2 aromatic rings. The van der Waals surface area contributed by atoms with Crippen molar-refractivity contribution in [1.82, 2.24) is 4.98 Å². The number of aliphatic hydroxyl groups is 1. The SMILES string of the molecule is Cc1cccc(OCC(O)CNc2ccc(C#N)nc2)c1. The van der Waals surface area contributed by atoms with Crippen LogP contribution in [0.1, 0.15) is 11.3 Å². The maximum absolute atomic E-state index is 9.88. The van der Waals surface area contributed by atoms with E-state index >= 15 is 0 Å². The standard InChI is InChI=1S/C16H17N3O2/c1-12-3-2-4-16(7-12)21-11-15(20)10-19-14-6-5-13(8-17)18-9-14/h2-7,9,15,19-20H,10-11H2,1H3. The van der Waals surface area contributed by atoms with E-state index in [4.69, 9.17) is 10.00 Å². The smallest absolute Gasteiger partial charge is 0.140 e. The van der Waals surface area contributed by atoms with Gasteiger partial charge in [-0.2, -0.15) is 5.26 Å². The predicted octanol–water partition coefficient (Wildman–Crippen LogP) is 2.11.